The first-order valence-corrected chi connectivity index (χ1v) is 8.63. The average molecular weight is 326 g/mol. The zero-order valence-corrected chi connectivity index (χ0v) is 13.8. The van der Waals surface area contributed by atoms with Gasteiger partial charge in [-0.25, -0.2) is 0 Å². The third-order valence-corrected chi connectivity index (χ3v) is 4.98. The van der Waals surface area contributed by atoms with Gasteiger partial charge in [-0.15, -0.1) is 0 Å². The fourth-order valence-electron chi connectivity index (χ4n) is 3.52. The van der Waals surface area contributed by atoms with Gasteiger partial charge in [-0.3, -0.25) is 0 Å². The van der Waals surface area contributed by atoms with Crippen molar-refractivity contribution in [3.8, 4) is 5.69 Å². The van der Waals surface area contributed by atoms with Crippen LogP contribution >= 0.6 is 11.6 Å². The molecule has 1 fully saturated rings. The van der Waals surface area contributed by atoms with E-state index < -0.39 is 0 Å². The first-order chi connectivity index (χ1) is 11.3. The van der Waals surface area contributed by atoms with Crippen molar-refractivity contribution in [2.24, 2.45) is 0 Å². The van der Waals surface area contributed by atoms with Gasteiger partial charge in [0, 0.05) is 40.7 Å². The number of ether oxygens (including phenoxy) is 1. The Hall–Kier alpha value is -1.77. The van der Waals surface area contributed by atoms with Crippen molar-refractivity contribution >= 4 is 23.8 Å². The Balaban J connectivity index is 1.89. The molecular weight excluding hydrogens is 306 g/mol. The third-order valence-electron chi connectivity index (χ3n) is 4.73. The van der Waals surface area contributed by atoms with Gasteiger partial charge >= 0.3 is 0 Å². The average Bonchev–Trinajstić information content (AvgIpc) is 2.78. The minimum atomic E-state index is 0.585. The van der Waals surface area contributed by atoms with Crippen LogP contribution in [0.3, 0.4) is 0 Å². The van der Waals surface area contributed by atoms with Crippen molar-refractivity contribution in [2.45, 2.75) is 25.2 Å². The molecule has 4 rings (SSSR count). The quantitative estimate of drug-likeness (QED) is 0.823. The Morgan fingerprint density at radius 3 is 2.65 bits per heavy atom. The van der Waals surface area contributed by atoms with Crippen LogP contribution in [0.4, 0.5) is 0 Å². The number of fused-ring (bicyclic) bond motifs is 1. The first kappa shape index (κ1) is 14.8. The van der Waals surface area contributed by atoms with Crippen LogP contribution < -0.4 is 10.6 Å². The molecule has 1 saturated heterocycles. The fraction of sp³-hybridized carbons (Fsp3) is 0.300. The molecule has 0 amide bonds. The van der Waals surface area contributed by atoms with Gasteiger partial charge in [-0.1, -0.05) is 35.9 Å². The summed E-state index contributed by atoms with van der Waals surface area (Å²) in [7, 11) is 0. The van der Waals surface area contributed by atoms with Crippen LogP contribution in [0.2, 0.25) is 5.02 Å². The third kappa shape index (κ3) is 2.89. The molecular formula is C20H20ClNO. The molecule has 2 aromatic rings. The van der Waals surface area contributed by atoms with E-state index >= 15 is 0 Å². The Morgan fingerprint density at radius 2 is 1.87 bits per heavy atom. The van der Waals surface area contributed by atoms with Gasteiger partial charge in [0.15, 0.2) is 0 Å². The van der Waals surface area contributed by atoms with Gasteiger partial charge in [0.2, 0.25) is 0 Å². The SMILES string of the molecule is Clc1ccc(-n2cc(C3CCOCC3)c3c2=CCC=CC=3)cc1. The molecule has 3 heteroatoms. The highest BCUT2D eigenvalue weighted by Gasteiger charge is 2.20. The lowest BCUT2D eigenvalue weighted by atomic mass is 9.92. The minimum absolute atomic E-state index is 0.585. The summed E-state index contributed by atoms with van der Waals surface area (Å²) >= 11 is 6.05. The summed E-state index contributed by atoms with van der Waals surface area (Å²) in [5.74, 6) is 0.585. The topological polar surface area (TPSA) is 14.2 Å². The van der Waals surface area contributed by atoms with E-state index in [2.05, 4.69) is 47.2 Å². The van der Waals surface area contributed by atoms with Gasteiger partial charge in [0.05, 0.1) is 0 Å². The number of benzene rings is 1. The molecule has 2 nitrogen and oxygen atoms in total. The Morgan fingerprint density at radius 1 is 1.09 bits per heavy atom. The second kappa shape index (κ2) is 6.38. The number of hydrogen-bond donors (Lipinski definition) is 0. The molecule has 0 radical (unpaired) electrons. The second-order valence-corrected chi connectivity index (χ2v) is 6.59. The van der Waals surface area contributed by atoms with Crippen LogP contribution in [-0.2, 0) is 4.74 Å². The predicted molar refractivity (Wildman–Crippen MR) is 95.5 cm³/mol. The van der Waals surface area contributed by atoms with E-state index in [9.17, 15) is 0 Å². The van der Waals surface area contributed by atoms with E-state index in [-0.39, 0.29) is 0 Å². The fourth-order valence-corrected chi connectivity index (χ4v) is 3.64. The number of halogens is 1. The van der Waals surface area contributed by atoms with Gasteiger partial charge in [0.1, 0.15) is 0 Å². The molecule has 1 aliphatic heterocycles. The summed E-state index contributed by atoms with van der Waals surface area (Å²) in [6.45, 7) is 1.73. The minimum Gasteiger partial charge on any atom is -0.381 e. The van der Waals surface area contributed by atoms with Gasteiger partial charge in [0.25, 0.3) is 0 Å². The van der Waals surface area contributed by atoms with Crippen molar-refractivity contribution in [3.05, 3.63) is 63.8 Å². The molecule has 0 spiro atoms. The van der Waals surface area contributed by atoms with Crippen molar-refractivity contribution in [1.82, 2.24) is 4.57 Å². The summed E-state index contributed by atoms with van der Waals surface area (Å²) in [4.78, 5) is 0. The van der Waals surface area contributed by atoms with E-state index in [1.165, 1.54) is 16.1 Å². The van der Waals surface area contributed by atoms with Gasteiger partial charge in [-0.05, 0) is 55.0 Å². The smallest absolute Gasteiger partial charge is 0.0494 e. The van der Waals surface area contributed by atoms with Crippen molar-refractivity contribution in [3.63, 3.8) is 0 Å². The highest BCUT2D eigenvalue weighted by molar-refractivity contribution is 6.30. The molecule has 0 atom stereocenters. The van der Waals surface area contributed by atoms with E-state index in [1.54, 1.807) is 0 Å². The summed E-state index contributed by atoms with van der Waals surface area (Å²) in [6, 6.07) is 8.08. The molecule has 0 saturated carbocycles. The van der Waals surface area contributed by atoms with E-state index in [0.717, 1.165) is 43.2 Å². The number of hydrogen-bond acceptors (Lipinski definition) is 1. The van der Waals surface area contributed by atoms with Crippen molar-refractivity contribution in [2.75, 3.05) is 13.2 Å². The predicted octanol–water partition coefficient (Wildman–Crippen LogP) is 3.55. The number of aromatic nitrogens is 1. The first-order valence-electron chi connectivity index (χ1n) is 8.25. The maximum Gasteiger partial charge on any atom is 0.0494 e. The van der Waals surface area contributed by atoms with Crippen molar-refractivity contribution in [1.29, 1.82) is 0 Å². The highest BCUT2D eigenvalue weighted by atomic mass is 35.5. The van der Waals surface area contributed by atoms with E-state index in [1.807, 2.05) is 12.1 Å². The Bertz CT molecular complexity index is 839. The van der Waals surface area contributed by atoms with Gasteiger partial charge in [-0.2, -0.15) is 0 Å². The molecule has 0 unspecified atom stereocenters. The van der Waals surface area contributed by atoms with Crippen LogP contribution in [0.1, 0.15) is 30.7 Å². The van der Waals surface area contributed by atoms with Gasteiger partial charge < -0.3 is 9.30 Å². The molecule has 1 aromatic carbocycles. The van der Waals surface area contributed by atoms with Crippen LogP contribution in [-0.4, -0.2) is 17.8 Å². The Labute approximate surface area is 141 Å². The lowest BCUT2D eigenvalue weighted by Gasteiger charge is -2.21. The number of nitrogens with zero attached hydrogens (tertiary/aromatic N) is 1. The van der Waals surface area contributed by atoms with E-state index in [4.69, 9.17) is 16.3 Å². The monoisotopic (exact) mass is 325 g/mol. The molecule has 1 aromatic heterocycles. The lowest BCUT2D eigenvalue weighted by molar-refractivity contribution is 0.0852. The van der Waals surface area contributed by atoms with Crippen LogP contribution in [0.15, 0.2) is 42.6 Å². The van der Waals surface area contributed by atoms with Crippen molar-refractivity contribution < 1.29 is 4.74 Å². The molecule has 0 N–H and O–H groups in total. The lowest BCUT2D eigenvalue weighted by Crippen LogP contribution is -2.30. The summed E-state index contributed by atoms with van der Waals surface area (Å²) in [5.41, 5.74) is 2.61. The Kier molecular flexibility index (Phi) is 4.11. The second-order valence-electron chi connectivity index (χ2n) is 6.15. The number of allylic oxidation sites excluding steroid dienone is 2. The van der Waals surface area contributed by atoms with E-state index in [0.29, 0.717) is 5.92 Å². The van der Waals surface area contributed by atoms with Crippen LogP contribution in [0.5, 0.6) is 0 Å². The molecule has 1 aliphatic carbocycles. The maximum atomic E-state index is 6.05. The molecule has 2 aliphatic rings. The molecule has 0 bridgehead atoms. The maximum absolute atomic E-state index is 6.05. The molecule has 118 valence electrons. The van der Waals surface area contributed by atoms with Crippen LogP contribution in [0.25, 0.3) is 17.8 Å². The highest BCUT2D eigenvalue weighted by Crippen LogP contribution is 2.25. The summed E-state index contributed by atoms with van der Waals surface area (Å²) in [5, 5.41) is 3.42. The zero-order valence-electron chi connectivity index (χ0n) is 13.0. The summed E-state index contributed by atoms with van der Waals surface area (Å²) in [6.07, 6.45) is 14.5. The number of rotatable bonds is 2. The zero-order chi connectivity index (χ0) is 15.6. The van der Waals surface area contributed by atoms with Crippen LogP contribution in [0, 0.1) is 0 Å². The standard InChI is InChI=1S/C20H20ClNO/c21-16-6-8-17(9-7-16)22-14-19(15-10-12-23-13-11-15)18-4-2-1-3-5-20(18)22/h1-2,4-9,14-15H,3,10-13H2. The molecule has 23 heavy (non-hydrogen) atoms. The normalized spacial score (nSPS) is 18.0. The summed E-state index contributed by atoms with van der Waals surface area (Å²) < 4.78 is 7.85. The molecule has 2 heterocycles. The largest absolute Gasteiger partial charge is 0.381 e.